The fraction of sp³-hybridized carbons (Fsp3) is 0.556. The summed E-state index contributed by atoms with van der Waals surface area (Å²) in [7, 11) is 0. The van der Waals surface area contributed by atoms with E-state index >= 15 is 0 Å². The monoisotopic (exact) mass is 227 g/mol. The predicted molar refractivity (Wildman–Crippen MR) is 55.1 cm³/mol. The maximum atomic E-state index is 11.3. The Bertz CT molecular complexity index is 457. The Morgan fingerprint density at radius 3 is 2.75 bits per heavy atom. The minimum Gasteiger partial charge on any atom is -0.466 e. The highest BCUT2D eigenvalue weighted by molar-refractivity contribution is 5.69. The number of nitrogens with zero attached hydrogens (tertiary/aromatic N) is 2. The largest absolute Gasteiger partial charge is 0.466 e. The third-order valence-electron chi connectivity index (χ3n) is 1.87. The van der Waals surface area contributed by atoms with Crippen LogP contribution in [-0.2, 0) is 16.1 Å². The molecule has 0 radical (unpaired) electrons. The molecule has 0 saturated carbocycles. The van der Waals surface area contributed by atoms with Crippen molar-refractivity contribution in [3.8, 4) is 0 Å². The van der Waals surface area contributed by atoms with Crippen molar-refractivity contribution in [1.29, 1.82) is 0 Å². The molecule has 0 spiro atoms. The molecule has 1 aromatic rings. The van der Waals surface area contributed by atoms with Crippen LogP contribution in [0, 0.1) is 6.92 Å². The Hall–Kier alpha value is -1.92. The molecule has 1 rings (SSSR count). The van der Waals surface area contributed by atoms with E-state index < -0.39 is 17.3 Å². The molecule has 0 aliphatic rings. The summed E-state index contributed by atoms with van der Waals surface area (Å²) in [5.74, 6) is -0.197. The van der Waals surface area contributed by atoms with Crippen molar-refractivity contribution in [3.05, 3.63) is 26.8 Å². The molecule has 16 heavy (non-hydrogen) atoms. The number of hydrogen-bond acceptors (Lipinski definition) is 5. The van der Waals surface area contributed by atoms with Crippen LogP contribution in [0.4, 0.5) is 0 Å². The van der Waals surface area contributed by atoms with Crippen LogP contribution in [0.2, 0.25) is 0 Å². The van der Waals surface area contributed by atoms with Crippen molar-refractivity contribution in [1.82, 2.24) is 14.5 Å². The van der Waals surface area contributed by atoms with Crippen molar-refractivity contribution in [2.45, 2.75) is 26.8 Å². The SMILES string of the molecule is CCOC(=O)CCn1c(=O)nc(C)[nH]c1=O. The van der Waals surface area contributed by atoms with Crippen molar-refractivity contribution >= 4 is 5.97 Å². The van der Waals surface area contributed by atoms with E-state index in [-0.39, 0.29) is 25.4 Å². The molecule has 0 fully saturated rings. The smallest absolute Gasteiger partial charge is 0.353 e. The predicted octanol–water partition coefficient (Wildman–Crippen LogP) is -0.807. The van der Waals surface area contributed by atoms with Crippen LogP contribution in [-0.4, -0.2) is 27.1 Å². The molecule has 0 atom stereocenters. The topological polar surface area (TPSA) is 94.0 Å². The second kappa shape index (κ2) is 5.24. The van der Waals surface area contributed by atoms with Gasteiger partial charge in [-0.15, -0.1) is 0 Å². The first-order chi connectivity index (χ1) is 7.54. The van der Waals surface area contributed by atoms with Crippen LogP contribution < -0.4 is 11.4 Å². The maximum absolute atomic E-state index is 11.3. The summed E-state index contributed by atoms with van der Waals surface area (Å²) in [6.07, 6.45) is -0.0262. The van der Waals surface area contributed by atoms with Gasteiger partial charge in [0.05, 0.1) is 13.0 Å². The van der Waals surface area contributed by atoms with Crippen molar-refractivity contribution in [3.63, 3.8) is 0 Å². The number of aromatic nitrogens is 3. The maximum Gasteiger partial charge on any atom is 0.353 e. The van der Waals surface area contributed by atoms with E-state index in [1.807, 2.05) is 0 Å². The number of esters is 1. The molecule has 0 unspecified atom stereocenters. The van der Waals surface area contributed by atoms with Gasteiger partial charge in [0.1, 0.15) is 5.82 Å². The quantitative estimate of drug-likeness (QED) is 0.679. The average Bonchev–Trinajstić information content (AvgIpc) is 2.16. The fourth-order valence-corrected chi connectivity index (χ4v) is 1.17. The molecule has 0 aliphatic heterocycles. The highest BCUT2D eigenvalue weighted by Gasteiger charge is 2.07. The molecule has 0 saturated heterocycles. The molecular formula is C9H13N3O4. The van der Waals surface area contributed by atoms with Gasteiger partial charge < -0.3 is 4.74 Å². The number of carbonyl (C=O) groups is 1. The average molecular weight is 227 g/mol. The van der Waals surface area contributed by atoms with Gasteiger partial charge in [-0.05, 0) is 13.8 Å². The number of hydrogen-bond donors (Lipinski definition) is 1. The summed E-state index contributed by atoms with van der Waals surface area (Å²) in [4.78, 5) is 39.6. The molecule has 0 bridgehead atoms. The Balaban J connectivity index is 2.79. The van der Waals surface area contributed by atoms with Gasteiger partial charge in [0.25, 0.3) is 0 Å². The van der Waals surface area contributed by atoms with E-state index in [0.29, 0.717) is 0 Å². The van der Waals surface area contributed by atoms with Gasteiger partial charge in [0, 0.05) is 6.54 Å². The molecule has 0 aliphatic carbocycles. The number of carbonyl (C=O) groups excluding carboxylic acids is 1. The van der Waals surface area contributed by atoms with E-state index in [2.05, 4.69) is 14.7 Å². The second-order valence-corrected chi connectivity index (χ2v) is 3.12. The lowest BCUT2D eigenvalue weighted by Gasteiger charge is -2.03. The molecule has 7 nitrogen and oxygen atoms in total. The lowest BCUT2D eigenvalue weighted by molar-refractivity contribution is -0.143. The molecular weight excluding hydrogens is 214 g/mol. The number of aryl methyl sites for hydroxylation is 1. The number of ether oxygens (including phenoxy) is 1. The van der Waals surface area contributed by atoms with Crippen molar-refractivity contribution in [2.75, 3.05) is 6.61 Å². The Kier molecular flexibility index (Phi) is 3.98. The standard InChI is InChI=1S/C9H13N3O4/c1-3-16-7(13)4-5-12-8(14)10-6(2)11-9(12)15/h3-5H2,1-2H3,(H,10,11,14,15). The normalized spacial score (nSPS) is 10.1. The minimum atomic E-state index is -0.662. The molecule has 7 heteroatoms. The number of aromatic amines is 1. The first-order valence-corrected chi connectivity index (χ1v) is 4.88. The fourth-order valence-electron chi connectivity index (χ4n) is 1.17. The molecule has 0 amide bonds. The number of rotatable bonds is 4. The lowest BCUT2D eigenvalue weighted by Crippen LogP contribution is -2.38. The summed E-state index contributed by atoms with van der Waals surface area (Å²) in [5, 5.41) is 0. The summed E-state index contributed by atoms with van der Waals surface area (Å²) >= 11 is 0. The molecule has 1 N–H and O–H groups in total. The van der Waals surface area contributed by atoms with Crippen LogP contribution in [0.5, 0.6) is 0 Å². The van der Waals surface area contributed by atoms with Crippen LogP contribution in [0.25, 0.3) is 0 Å². The van der Waals surface area contributed by atoms with Gasteiger partial charge >= 0.3 is 17.3 Å². The second-order valence-electron chi connectivity index (χ2n) is 3.12. The minimum absolute atomic E-state index is 0.0262. The highest BCUT2D eigenvalue weighted by atomic mass is 16.5. The molecule has 1 aromatic heterocycles. The van der Waals surface area contributed by atoms with Crippen molar-refractivity contribution in [2.24, 2.45) is 0 Å². The van der Waals surface area contributed by atoms with Gasteiger partial charge in [-0.1, -0.05) is 0 Å². The van der Waals surface area contributed by atoms with Crippen molar-refractivity contribution < 1.29 is 9.53 Å². The third-order valence-corrected chi connectivity index (χ3v) is 1.87. The van der Waals surface area contributed by atoms with Gasteiger partial charge in [0.15, 0.2) is 0 Å². The lowest BCUT2D eigenvalue weighted by atomic mass is 10.4. The zero-order valence-electron chi connectivity index (χ0n) is 9.15. The van der Waals surface area contributed by atoms with Crippen LogP contribution >= 0.6 is 0 Å². The van der Waals surface area contributed by atoms with E-state index in [9.17, 15) is 14.4 Å². The van der Waals surface area contributed by atoms with Crippen LogP contribution in [0.3, 0.4) is 0 Å². The van der Waals surface area contributed by atoms with E-state index in [0.717, 1.165) is 4.57 Å². The van der Waals surface area contributed by atoms with Crippen LogP contribution in [0.15, 0.2) is 9.59 Å². The zero-order valence-corrected chi connectivity index (χ0v) is 9.15. The van der Waals surface area contributed by atoms with E-state index in [4.69, 9.17) is 0 Å². The summed E-state index contributed by atoms with van der Waals surface area (Å²) in [6, 6.07) is 0. The Morgan fingerprint density at radius 1 is 1.50 bits per heavy atom. The molecule has 1 heterocycles. The first-order valence-electron chi connectivity index (χ1n) is 4.88. The summed E-state index contributed by atoms with van der Waals surface area (Å²) in [6.45, 7) is 3.44. The van der Waals surface area contributed by atoms with Crippen LogP contribution in [0.1, 0.15) is 19.2 Å². The van der Waals surface area contributed by atoms with Gasteiger partial charge in [-0.3, -0.25) is 9.78 Å². The van der Waals surface area contributed by atoms with E-state index in [1.165, 1.54) is 6.92 Å². The third kappa shape index (κ3) is 3.04. The molecule has 88 valence electrons. The van der Waals surface area contributed by atoms with E-state index in [1.54, 1.807) is 6.92 Å². The number of nitrogens with one attached hydrogen (secondary N) is 1. The zero-order chi connectivity index (χ0) is 12.1. The Morgan fingerprint density at radius 2 is 2.19 bits per heavy atom. The number of H-pyrrole nitrogens is 1. The Labute approximate surface area is 91.1 Å². The van der Waals surface area contributed by atoms with Gasteiger partial charge in [-0.2, -0.15) is 4.98 Å². The molecule has 0 aromatic carbocycles. The highest BCUT2D eigenvalue weighted by Crippen LogP contribution is 1.88. The summed E-state index contributed by atoms with van der Waals surface area (Å²) in [5.41, 5.74) is -1.23. The van der Waals surface area contributed by atoms with Gasteiger partial charge in [0.2, 0.25) is 0 Å². The first kappa shape index (κ1) is 12.2. The summed E-state index contributed by atoms with van der Waals surface area (Å²) < 4.78 is 5.55. The van der Waals surface area contributed by atoms with Gasteiger partial charge in [-0.25, -0.2) is 14.2 Å².